The van der Waals surface area contributed by atoms with Crippen LogP contribution in [0.15, 0.2) is 97.1 Å². The second-order valence-electron chi connectivity index (χ2n) is 8.01. The van der Waals surface area contributed by atoms with Gasteiger partial charge in [-0.1, -0.05) is 49.1 Å². The molecule has 0 bridgehead atoms. The number of fused-ring (bicyclic) bond motifs is 8. The fraction of sp³-hybridized carbons (Fsp3) is 0. The molecule has 0 fully saturated rings. The van der Waals surface area contributed by atoms with Gasteiger partial charge in [0.1, 0.15) is 5.82 Å². The number of carbonyl (C=O) groups excluding carboxylic acids is 1. The van der Waals surface area contributed by atoms with Gasteiger partial charge in [0.25, 0.3) is 5.91 Å². The summed E-state index contributed by atoms with van der Waals surface area (Å²) in [6, 6.07) is 24.0. The highest BCUT2D eigenvalue weighted by Gasteiger charge is 2.30. The van der Waals surface area contributed by atoms with Crippen molar-refractivity contribution in [2.24, 2.45) is 0 Å². The Morgan fingerprint density at radius 3 is 2.12 bits per heavy atom. The van der Waals surface area contributed by atoms with Gasteiger partial charge in [0, 0.05) is 11.8 Å². The molecule has 156 valence electrons. The Bertz CT molecular complexity index is 1860. The van der Waals surface area contributed by atoms with Gasteiger partial charge in [-0.15, -0.1) is 0 Å². The summed E-state index contributed by atoms with van der Waals surface area (Å²) in [5.74, 6) is 1.34. The number of para-hydroxylation sites is 6. The molecule has 33 heavy (non-hydrogen) atoms. The van der Waals surface area contributed by atoms with Crippen LogP contribution in [0.25, 0.3) is 50.7 Å². The lowest BCUT2D eigenvalue weighted by atomic mass is 10.1. The summed E-state index contributed by atoms with van der Waals surface area (Å²) in [6.45, 7) is 3.88. The van der Waals surface area contributed by atoms with Crippen molar-refractivity contribution in [1.82, 2.24) is 23.5 Å². The van der Waals surface area contributed by atoms with Gasteiger partial charge in [-0.3, -0.25) is 18.3 Å². The molecular weight excluding hydrogens is 410 g/mol. The predicted octanol–water partition coefficient (Wildman–Crippen LogP) is 5.56. The fourth-order valence-corrected chi connectivity index (χ4v) is 4.80. The molecule has 7 rings (SSSR count). The molecule has 0 unspecified atom stereocenters. The van der Waals surface area contributed by atoms with Crippen molar-refractivity contribution < 1.29 is 4.79 Å². The number of carbonyl (C=O) groups is 1. The zero-order valence-electron chi connectivity index (χ0n) is 17.5. The van der Waals surface area contributed by atoms with Gasteiger partial charge in [0.15, 0.2) is 0 Å². The van der Waals surface area contributed by atoms with E-state index < -0.39 is 0 Å². The quantitative estimate of drug-likeness (QED) is 0.372. The molecule has 0 atom stereocenters. The van der Waals surface area contributed by atoms with E-state index in [4.69, 9.17) is 9.97 Å². The van der Waals surface area contributed by atoms with Gasteiger partial charge in [0.2, 0.25) is 5.78 Å². The highest BCUT2D eigenvalue weighted by atomic mass is 16.2. The summed E-state index contributed by atoms with van der Waals surface area (Å²) in [5, 5.41) is 0. The SMILES string of the molecule is C=CC1=C(/C=C\n2c3ccccc3n3c4ccccc4nc23)c2nc3ccccc3n2C1=O. The minimum atomic E-state index is -0.109. The first kappa shape index (κ1) is 17.9. The Labute approximate surface area is 188 Å². The Balaban J connectivity index is 1.49. The van der Waals surface area contributed by atoms with Gasteiger partial charge in [-0.25, -0.2) is 9.97 Å². The number of rotatable bonds is 3. The molecule has 3 aromatic carbocycles. The molecule has 6 nitrogen and oxygen atoms in total. The van der Waals surface area contributed by atoms with Crippen LogP contribution in [-0.4, -0.2) is 29.4 Å². The molecule has 1 aliphatic heterocycles. The lowest BCUT2D eigenvalue weighted by Crippen LogP contribution is -2.07. The number of hydrogen-bond acceptors (Lipinski definition) is 3. The van der Waals surface area contributed by atoms with Crippen LogP contribution in [0.1, 0.15) is 10.6 Å². The highest BCUT2D eigenvalue weighted by molar-refractivity contribution is 6.15. The maximum atomic E-state index is 13.2. The predicted molar refractivity (Wildman–Crippen MR) is 131 cm³/mol. The topological polar surface area (TPSA) is 57.1 Å². The molecule has 1 aliphatic rings. The summed E-state index contributed by atoms with van der Waals surface area (Å²) >= 11 is 0. The highest BCUT2D eigenvalue weighted by Crippen LogP contribution is 2.34. The molecule has 6 heteroatoms. The number of imidazole rings is 3. The van der Waals surface area contributed by atoms with E-state index in [1.807, 2.05) is 66.9 Å². The lowest BCUT2D eigenvalue weighted by Gasteiger charge is -1.99. The van der Waals surface area contributed by atoms with Gasteiger partial charge < -0.3 is 0 Å². The molecule has 4 heterocycles. The number of benzene rings is 3. The van der Waals surface area contributed by atoms with Crippen LogP contribution in [-0.2, 0) is 0 Å². The van der Waals surface area contributed by atoms with Crippen LogP contribution in [0.4, 0.5) is 0 Å². The molecular formula is C27H17N5O. The molecule has 6 aromatic rings. The Morgan fingerprint density at radius 1 is 0.727 bits per heavy atom. The fourth-order valence-electron chi connectivity index (χ4n) is 4.80. The van der Waals surface area contributed by atoms with E-state index in [0.29, 0.717) is 11.4 Å². The van der Waals surface area contributed by atoms with Crippen LogP contribution >= 0.6 is 0 Å². The molecule has 0 spiro atoms. The van der Waals surface area contributed by atoms with Crippen molar-refractivity contribution in [3.63, 3.8) is 0 Å². The van der Waals surface area contributed by atoms with Crippen LogP contribution in [0, 0.1) is 0 Å². The average molecular weight is 427 g/mol. The maximum Gasteiger partial charge on any atom is 0.264 e. The Hall–Kier alpha value is -4.71. The number of hydrogen-bond donors (Lipinski definition) is 0. The van der Waals surface area contributed by atoms with E-state index in [1.54, 1.807) is 10.6 Å². The standard InChI is InChI=1S/C27H17N5O/c1-2-17-18(25-28-19-9-3-6-12-22(19)32(25)26(17)33)15-16-30-23-13-7-8-14-24(23)31-21-11-5-4-10-20(21)29-27(30)31/h2-16H,1H2/b16-15-. The monoisotopic (exact) mass is 427 g/mol. The minimum absolute atomic E-state index is 0.109. The first-order chi connectivity index (χ1) is 16.3. The van der Waals surface area contributed by atoms with Crippen molar-refractivity contribution >= 4 is 56.6 Å². The van der Waals surface area contributed by atoms with E-state index in [-0.39, 0.29) is 5.91 Å². The number of allylic oxidation sites excluding steroid dienone is 4. The second-order valence-corrected chi connectivity index (χ2v) is 8.01. The maximum absolute atomic E-state index is 13.2. The molecule has 0 amide bonds. The number of aromatic nitrogens is 5. The molecule has 0 saturated carbocycles. The van der Waals surface area contributed by atoms with Crippen LogP contribution < -0.4 is 0 Å². The summed E-state index contributed by atoms with van der Waals surface area (Å²) in [4.78, 5) is 22.8. The van der Waals surface area contributed by atoms with E-state index >= 15 is 0 Å². The van der Waals surface area contributed by atoms with Crippen LogP contribution in [0.3, 0.4) is 0 Å². The zero-order chi connectivity index (χ0) is 22.1. The molecule has 0 radical (unpaired) electrons. The summed E-state index contributed by atoms with van der Waals surface area (Å²) in [6.07, 6.45) is 5.51. The van der Waals surface area contributed by atoms with Crippen LogP contribution in [0.5, 0.6) is 0 Å². The van der Waals surface area contributed by atoms with Crippen molar-refractivity contribution in [2.75, 3.05) is 0 Å². The van der Waals surface area contributed by atoms with Gasteiger partial charge in [0.05, 0.1) is 38.7 Å². The van der Waals surface area contributed by atoms with Gasteiger partial charge >= 0.3 is 0 Å². The first-order valence-corrected chi connectivity index (χ1v) is 10.7. The Kier molecular flexibility index (Phi) is 3.47. The first-order valence-electron chi connectivity index (χ1n) is 10.7. The van der Waals surface area contributed by atoms with E-state index in [1.165, 1.54) is 0 Å². The van der Waals surface area contributed by atoms with E-state index in [2.05, 4.69) is 33.7 Å². The minimum Gasteiger partial charge on any atom is -0.285 e. The van der Waals surface area contributed by atoms with Gasteiger partial charge in [-0.2, -0.15) is 0 Å². The van der Waals surface area contributed by atoms with Crippen LogP contribution in [0.2, 0.25) is 0 Å². The molecule has 3 aromatic heterocycles. The largest absolute Gasteiger partial charge is 0.285 e. The van der Waals surface area contributed by atoms with Crippen molar-refractivity contribution in [1.29, 1.82) is 0 Å². The third kappa shape index (κ3) is 2.29. The third-order valence-electron chi connectivity index (χ3n) is 6.26. The lowest BCUT2D eigenvalue weighted by molar-refractivity contribution is 0.0969. The molecule has 0 N–H and O–H groups in total. The smallest absolute Gasteiger partial charge is 0.264 e. The van der Waals surface area contributed by atoms with Crippen molar-refractivity contribution in [3.05, 3.63) is 103 Å². The summed E-state index contributed by atoms with van der Waals surface area (Å²) in [7, 11) is 0. The molecule has 0 aliphatic carbocycles. The Morgan fingerprint density at radius 2 is 1.36 bits per heavy atom. The van der Waals surface area contributed by atoms with Gasteiger partial charge in [-0.05, 0) is 42.5 Å². The van der Waals surface area contributed by atoms with E-state index in [9.17, 15) is 4.79 Å². The van der Waals surface area contributed by atoms with Crippen molar-refractivity contribution in [3.8, 4) is 0 Å². The molecule has 0 saturated heterocycles. The average Bonchev–Trinajstić information content (AvgIpc) is 3.55. The third-order valence-corrected chi connectivity index (χ3v) is 6.26. The summed E-state index contributed by atoms with van der Waals surface area (Å²) < 4.78 is 5.88. The normalized spacial score (nSPS) is 14.0. The van der Waals surface area contributed by atoms with E-state index in [0.717, 1.165) is 44.5 Å². The summed E-state index contributed by atoms with van der Waals surface area (Å²) in [5.41, 5.74) is 6.97. The second kappa shape index (κ2) is 6.40. The number of nitrogens with zero attached hydrogens (tertiary/aromatic N) is 5. The van der Waals surface area contributed by atoms with Crippen molar-refractivity contribution in [2.45, 2.75) is 0 Å². The zero-order valence-corrected chi connectivity index (χ0v) is 17.5.